The Labute approximate surface area is 223 Å². The molecule has 0 bridgehead atoms. The monoisotopic (exact) mass is 531 g/mol. The standard InChI is InChI=1S/C30H24F3N3O3/c1-17-6-4-7-20(14-17)23-8-5-9-25(28(23)37)34-35-27-24-13-12-22(39-30(31,32)33)16-26(24)36(29(27)38)21-11-10-18(2)19(3)15-21/h4-16,34,37H,1-3H3/b35-27-. The van der Waals surface area contributed by atoms with Crippen LogP contribution in [0.2, 0.25) is 0 Å². The zero-order valence-electron chi connectivity index (χ0n) is 21.3. The number of phenolic OH excluding ortho intramolecular Hbond substituents is 1. The van der Waals surface area contributed by atoms with Crippen molar-refractivity contribution in [3.8, 4) is 22.6 Å². The molecule has 198 valence electrons. The molecule has 39 heavy (non-hydrogen) atoms. The number of halogens is 3. The van der Waals surface area contributed by atoms with Crippen molar-refractivity contribution in [3.05, 3.63) is 101 Å². The number of aryl methyl sites for hydroxylation is 3. The van der Waals surface area contributed by atoms with Gasteiger partial charge < -0.3 is 9.84 Å². The van der Waals surface area contributed by atoms with E-state index >= 15 is 0 Å². The Balaban J connectivity index is 1.56. The molecule has 2 N–H and O–H groups in total. The number of anilines is 3. The summed E-state index contributed by atoms with van der Waals surface area (Å²) in [5.41, 5.74) is 8.32. The topological polar surface area (TPSA) is 74.2 Å². The van der Waals surface area contributed by atoms with Gasteiger partial charge in [-0.25, -0.2) is 0 Å². The largest absolute Gasteiger partial charge is 0.573 e. The van der Waals surface area contributed by atoms with Crippen LogP contribution in [0.25, 0.3) is 11.1 Å². The summed E-state index contributed by atoms with van der Waals surface area (Å²) in [6.07, 6.45) is -4.89. The quantitative estimate of drug-likeness (QED) is 0.208. The van der Waals surface area contributed by atoms with Gasteiger partial charge in [-0.3, -0.25) is 15.1 Å². The van der Waals surface area contributed by atoms with Crippen molar-refractivity contribution in [2.45, 2.75) is 27.1 Å². The number of nitrogens with one attached hydrogen (secondary N) is 1. The van der Waals surface area contributed by atoms with E-state index in [4.69, 9.17) is 0 Å². The second-order valence-corrected chi connectivity index (χ2v) is 9.28. The Morgan fingerprint density at radius 2 is 1.64 bits per heavy atom. The molecule has 0 aromatic heterocycles. The molecule has 0 aliphatic carbocycles. The minimum atomic E-state index is -4.89. The first-order valence-electron chi connectivity index (χ1n) is 12.1. The van der Waals surface area contributed by atoms with Crippen LogP contribution in [0.15, 0.2) is 84.0 Å². The summed E-state index contributed by atoms with van der Waals surface area (Å²) in [5, 5.41) is 15.3. The molecule has 1 heterocycles. The first-order chi connectivity index (χ1) is 18.5. The minimum Gasteiger partial charge on any atom is -0.505 e. The van der Waals surface area contributed by atoms with Crippen molar-refractivity contribution in [1.29, 1.82) is 0 Å². The first-order valence-corrected chi connectivity index (χ1v) is 12.1. The number of phenols is 1. The number of hydrazone groups is 1. The molecular weight excluding hydrogens is 507 g/mol. The summed E-state index contributed by atoms with van der Waals surface area (Å²) >= 11 is 0. The molecule has 1 amide bonds. The molecule has 6 nitrogen and oxygen atoms in total. The molecular formula is C30H24F3N3O3. The number of amides is 1. The van der Waals surface area contributed by atoms with E-state index in [1.54, 1.807) is 30.3 Å². The van der Waals surface area contributed by atoms with E-state index in [1.807, 2.05) is 51.1 Å². The van der Waals surface area contributed by atoms with Gasteiger partial charge in [-0.1, -0.05) is 48.0 Å². The van der Waals surface area contributed by atoms with Crippen LogP contribution in [0.4, 0.5) is 30.2 Å². The van der Waals surface area contributed by atoms with Gasteiger partial charge in [-0.15, -0.1) is 13.2 Å². The van der Waals surface area contributed by atoms with Gasteiger partial charge in [-0.2, -0.15) is 5.10 Å². The molecule has 4 aromatic rings. The highest BCUT2D eigenvalue weighted by Crippen LogP contribution is 2.40. The van der Waals surface area contributed by atoms with Crippen LogP contribution in [0.5, 0.6) is 11.5 Å². The summed E-state index contributed by atoms with van der Waals surface area (Å²) in [5.74, 6) is -1.06. The molecule has 0 spiro atoms. The Morgan fingerprint density at radius 1 is 0.872 bits per heavy atom. The molecule has 0 unspecified atom stereocenters. The summed E-state index contributed by atoms with van der Waals surface area (Å²) in [6.45, 7) is 5.75. The van der Waals surface area contributed by atoms with Crippen LogP contribution < -0.4 is 15.1 Å². The van der Waals surface area contributed by atoms with E-state index < -0.39 is 18.0 Å². The van der Waals surface area contributed by atoms with Crippen LogP contribution in [0, 0.1) is 20.8 Å². The Kier molecular flexibility index (Phi) is 6.51. The lowest BCUT2D eigenvalue weighted by atomic mass is 10.0. The van der Waals surface area contributed by atoms with Crippen molar-refractivity contribution in [2.24, 2.45) is 5.10 Å². The average Bonchev–Trinajstić information content (AvgIpc) is 3.14. The van der Waals surface area contributed by atoms with E-state index in [9.17, 15) is 23.1 Å². The molecule has 0 radical (unpaired) electrons. The number of carbonyl (C=O) groups excluding carboxylic acids is 1. The third kappa shape index (κ3) is 5.16. The maximum absolute atomic E-state index is 13.6. The Morgan fingerprint density at radius 3 is 2.36 bits per heavy atom. The first kappa shape index (κ1) is 25.8. The van der Waals surface area contributed by atoms with Crippen LogP contribution in [0.1, 0.15) is 22.3 Å². The van der Waals surface area contributed by atoms with Crippen LogP contribution in [-0.2, 0) is 4.79 Å². The van der Waals surface area contributed by atoms with Gasteiger partial charge >= 0.3 is 6.36 Å². The fourth-order valence-electron chi connectivity index (χ4n) is 4.45. The van der Waals surface area contributed by atoms with E-state index in [1.165, 1.54) is 11.0 Å². The van der Waals surface area contributed by atoms with Crippen LogP contribution in [-0.4, -0.2) is 23.1 Å². The SMILES string of the molecule is Cc1cccc(-c2cccc(N/N=C3\C(=O)N(c4ccc(C)c(C)c4)c4cc(OC(F)(F)F)ccc43)c2O)c1. The number of benzene rings is 4. The predicted octanol–water partition coefficient (Wildman–Crippen LogP) is 7.38. The van der Waals surface area contributed by atoms with E-state index in [2.05, 4.69) is 15.3 Å². The molecule has 9 heteroatoms. The van der Waals surface area contributed by atoms with Crippen LogP contribution in [0.3, 0.4) is 0 Å². The molecule has 0 atom stereocenters. The second-order valence-electron chi connectivity index (χ2n) is 9.28. The lowest BCUT2D eigenvalue weighted by Gasteiger charge is -2.19. The van der Waals surface area contributed by atoms with Crippen molar-refractivity contribution in [3.63, 3.8) is 0 Å². The lowest BCUT2D eigenvalue weighted by molar-refractivity contribution is -0.274. The average molecular weight is 532 g/mol. The molecule has 1 aliphatic heterocycles. The molecule has 0 saturated carbocycles. The lowest BCUT2D eigenvalue weighted by Crippen LogP contribution is -2.26. The van der Waals surface area contributed by atoms with Gasteiger partial charge in [0.1, 0.15) is 11.5 Å². The molecule has 4 aromatic carbocycles. The number of aromatic hydroxyl groups is 1. The summed E-state index contributed by atoms with van der Waals surface area (Å²) in [6, 6.07) is 21.7. The van der Waals surface area contributed by atoms with Gasteiger partial charge in [0.2, 0.25) is 0 Å². The van der Waals surface area contributed by atoms with Crippen molar-refractivity contribution in [1.82, 2.24) is 0 Å². The highest BCUT2D eigenvalue weighted by Gasteiger charge is 2.37. The fourth-order valence-corrected chi connectivity index (χ4v) is 4.45. The fraction of sp³-hybridized carbons (Fsp3) is 0.133. The molecule has 5 rings (SSSR count). The number of nitrogens with zero attached hydrogens (tertiary/aromatic N) is 2. The molecule has 0 saturated heterocycles. The number of ether oxygens (including phenoxy) is 1. The number of rotatable bonds is 5. The third-order valence-corrected chi connectivity index (χ3v) is 6.51. The van der Waals surface area contributed by atoms with Crippen molar-refractivity contribution < 1.29 is 27.8 Å². The maximum atomic E-state index is 13.6. The number of carbonyl (C=O) groups is 1. The van der Waals surface area contributed by atoms with Crippen molar-refractivity contribution in [2.75, 3.05) is 10.3 Å². The normalized spacial score (nSPS) is 14.1. The zero-order chi connectivity index (χ0) is 27.9. The van der Waals surface area contributed by atoms with Gasteiger partial charge in [-0.05, 0) is 67.8 Å². The maximum Gasteiger partial charge on any atom is 0.573 e. The summed E-state index contributed by atoms with van der Waals surface area (Å²) in [7, 11) is 0. The van der Waals surface area contributed by atoms with E-state index in [0.29, 0.717) is 16.8 Å². The number of alkyl halides is 3. The van der Waals surface area contributed by atoms with Gasteiger partial charge in [0.25, 0.3) is 5.91 Å². The highest BCUT2D eigenvalue weighted by atomic mass is 19.4. The van der Waals surface area contributed by atoms with Gasteiger partial charge in [0.15, 0.2) is 5.71 Å². The Bertz CT molecular complexity index is 1630. The number of para-hydroxylation sites is 1. The molecule has 1 aliphatic rings. The van der Waals surface area contributed by atoms with Crippen LogP contribution >= 0.6 is 0 Å². The zero-order valence-corrected chi connectivity index (χ0v) is 21.3. The third-order valence-electron chi connectivity index (χ3n) is 6.51. The highest BCUT2D eigenvalue weighted by molar-refractivity contribution is 6.55. The van der Waals surface area contributed by atoms with Crippen molar-refractivity contribution >= 4 is 28.7 Å². The van der Waals surface area contributed by atoms with Gasteiger partial charge in [0.05, 0.1) is 11.4 Å². The van der Waals surface area contributed by atoms with E-state index in [-0.39, 0.29) is 22.8 Å². The summed E-state index contributed by atoms with van der Waals surface area (Å²) < 4.78 is 42.9. The number of fused-ring (bicyclic) bond motifs is 1. The Hall–Kier alpha value is -4.79. The predicted molar refractivity (Wildman–Crippen MR) is 145 cm³/mol. The summed E-state index contributed by atoms with van der Waals surface area (Å²) in [4.78, 5) is 14.9. The van der Waals surface area contributed by atoms with Gasteiger partial charge in [0, 0.05) is 22.9 Å². The number of hydrogen-bond donors (Lipinski definition) is 2. The smallest absolute Gasteiger partial charge is 0.505 e. The van der Waals surface area contributed by atoms with E-state index in [0.717, 1.165) is 34.4 Å². The minimum absolute atomic E-state index is 0.0258. The molecule has 0 fully saturated rings. The number of hydrogen-bond acceptors (Lipinski definition) is 5. The second kappa shape index (κ2) is 9.83.